The van der Waals surface area contributed by atoms with Crippen molar-refractivity contribution in [2.24, 2.45) is 0 Å². The Balaban J connectivity index is 0.000000720. The van der Waals surface area contributed by atoms with Crippen LogP contribution in [0.1, 0.15) is 0 Å². The number of nitrogens with zero attached hydrogens (tertiary/aromatic N) is 1. The van der Waals surface area contributed by atoms with Gasteiger partial charge in [0.25, 0.3) is 0 Å². The predicted octanol–water partition coefficient (Wildman–Crippen LogP) is 1.89. The minimum Gasteiger partial charge on any atom is -0.619 e. The molecule has 0 atom stereocenters. The maximum Gasteiger partial charge on any atom is 0.188 e. The quantitative estimate of drug-likeness (QED) is 0.451. The van der Waals surface area contributed by atoms with Crippen molar-refractivity contribution in [1.82, 2.24) is 0 Å². The second kappa shape index (κ2) is 3.41. The van der Waals surface area contributed by atoms with Gasteiger partial charge in [-0.1, -0.05) is 18.2 Å². The summed E-state index contributed by atoms with van der Waals surface area (Å²) in [5.74, 6) is 0. The first kappa shape index (κ1) is 8.81. The first-order chi connectivity index (χ1) is 5.36. The van der Waals surface area contributed by atoms with Gasteiger partial charge in [-0.2, -0.15) is 4.73 Å². The maximum atomic E-state index is 10.8. The van der Waals surface area contributed by atoms with Crippen LogP contribution in [0.4, 0.5) is 0 Å². The standard InChI is InChI=1S/C9H7NO.ClH/c11-10-6-5-8-3-1-2-4-9(8)7-10;/h1-7H;1H. The van der Waals surface area contributed by atoms with Crippen LogP contribution in [0.5, 0.6) is 0 Å². The van der Waals surface area contributed by atoms with Crippen LogP contribution in [0.3, 0.4) is 0 Å². The molecule has 0 fully saturated rings. The molecule has 0 radical (unpaired) electrons. The van der Waals surface area contributed by atoms with E-state index < -0.39 is 0 Å². The summed E-state index contributed by atoms with van der Waals surface area (Å²) in [5, 5.41) is 12.9. The van der Waals surface area contributed by atoms with E-state index in [2.05, 4.69) is 0 Å². The molecule has 0 aliphatic heterocycles. The van der Waals surface area contributed by atoms with E-state index in [0.29, 0.717) is 0 Å². The monoisotopic (exact) mass is 181 g/mol. The molecule has 3 heteroatoms. The van der Waals surface area contributed by atoms with Gasteiger partial charge in [0.1, 0.15) is 0 Å². The highest BCUT2D eigenvalue weighted by Gasteiger charge is 1.93. The van der Waals surface area contributed by atoms with Crippen LogP contribution < -0.4 is 4.73 Å². The zero-order valence-electron chi connectivity index (χ0n) is 6.31. The van der Waals surface area contributed by atoms with Gasteiger partial charge in [0.2, 0.25) is 0 Å². The minimum atomic E-state index is 0. The number of hydrogen-bond acceptors (Lipinski definition) is 1. The van der Waals surface area contributed by atoms with Gasteiger partial charge >= 0.3 is 0 Å². The average molecular weight is 182 g/mol. The first-order valence-electron chi connectivity index (χ1n) is 3.44. The number of rotatable bonds is 0. The van der Waals surface area contributed by atoms with E-state index >= 15 is 0 Å². The van der Waals surface area contributed by atoms with Crippen molar-refractivity contribution in [3.63, 3.8) is 0 Å². The lowest BCUT2D eigenvalue weighted by Crippen LogP contribution is -2.23. The Morgan fingerprint density at radius 3 is 2.42 bits per heavy atom. The zero-order valence-corrected chi connectivity index (χ0v) is 7.12. The molecule has 12 heavy (non-hydrogen) atoms. The summed E-state index contributed by atoms with van der Waals surface area (Å²) in [6, 6.07) is 9.58. The van der Waals surface area contributed by atoms with Gasteiger partial charge in [0.15, 0.2) is 12.4 Å². The van der Waals surface area contributed by atoms with E-state index in [1.54, 1.807) is 6.20 Å². The molecule has 2 rings (SSSR count). The summed E-state index contributed by atoms with van der Waals surface area (Å²) in [7, 11) is 0. The number of hydrogen-bond donors (Lipinski definition) is 0. The average Bonchev–Trinajstić information content (AvgIpc) is 2.04. The molecule has 0 aliphatic carbocycles. The third-order valence-corrected chi connectivity index (χ3v) is 1.66. The van der Waals surface area contributed by atoms with E-state index in [4.69, 9.17) is 0 Å². The van der Waals surface area contributed by atoms with Crippen LogP contribution >= 0.6 is 12.4 Å². The van der Waals surface area contributed by atoms with Crippen LogP contribution in [0.25, 0.3) is 10.8 Å². The van der Waals surface area contributed by atoms with Crippen LogP contribution in [0.2, 0.25) is 0 Å². The van der Waals surface area contributed by atoms with Crippen molar-refractivity contribution in [1.29, 1.82) is 0 Å². The fraction of sp³-hybridized carbons (Fsp3) is 0. The molecule has 0 bridgehead atoms. The van der Waals surface area contributed by atoms with Crippen LogP contribution in [-0.2, 0) is 0 Å². The Hall–Kier alpha value is -1.28. The topological polar surface area (TPSA) is 26.9 Å². The molecule has 2 aromatic rings. The van der Waals surface area contributed by atoms with Gasteiger partial charge in [-0.15, -0.1) is 12.4 Å². The van der Waals surface area contributed by atoms with Crippen LogP contribution in [0.15, 0.2) is 42.7 Å². The van der Waals surface area contributed by atoms with Gasteiger partial charge in [-0.3, -0.25) is 0 Å². The van der Waals surface area contributed by atoms with Crippen molar-refractivity contribution in [2.45, 2.75) is 0 Å². The SMILES string of the molecule is Cl.[O-][n+]1ccc2ccccc2c1. The molecule has 0 saturated heterocycles. The Morgan fingerprint density at radius 1 is 1.00 bits per heavy atom. The highest BCUT2D eigenvalue weighted by molar-refractivity contribution is 5.85. The summed E-state index contributed by atoms with van der Waals surface area (Å²) in [6.07, 6.45) is 3.07. The largest absolute Gasteiger partial charge is 0.619 e. The van der Waals surface area contributed by atoms with E-state index in [1.165, 1.54) is 6.20 Å². The van der Waals surface area contributed by atoms with Crippen LogP contribution in [-0.4, -0.2) is 0 Å². The summed E-state index contributed by atoms with van der Waals surface area (Å²) in [5.41, 5.74) is 0. The molecule has 0 unspecified atom stereocenters. The molecule has 0 spiro atoms. The number of halogens is 1. The van der Waals surface area contributed by atoms with Crippen molar-refractivity contribution < 1.29 is 4.73 Å². The lowest BCUT2D eigenvalue weighted by atomic mass is 10.2. The number of fused-ring (bicyclic) bond motifs is 1. The highest BCUT2D eigenvalue weighted by atomic mass is 35.5. The Labute approximate surface area is 76.4 Å². The van der Waals surface area contributed by atoms with Gasteiger partial charge in [0.05, 0.1) is 0 Å². The molecular formula is C9H8ClNO. The Kier molecular flexibility index (Phi) is 2.51. The van der Waals surface area contributed by atoms with Crippen molar-refractivity contribution in [3.8, 4) is 0 Å². The lowest BCUT2D eigenvalue weighted by Gasteiger charge is -1.96. The number of aromatic nitrogens is 1. The smallest absolute Gasteiger partial charge is 0.188 e. The summed E-state index contributed by atoms with van der Waals surface area (Å²) in [4.78, 5) is 0. The van der Waals surface area contributed by atoms with Gasteiger partial charge in [0, 0.05) is 11.5 Å². The van der Waals surface area contributed by atoms with Gasteiger partial charge < -0.3 is 5.21 Å². The Bertz CT molecular complexity index is 389. The maximum absolute atomic E-state index is 10.8. The number of pyridine rings is 1. The van der Waals surface area contributed by atoms with Gasteiger partial charge in [-0.25, -0.2) is 0 Å². The van der Waals surface area contributed by atoms with E-state index in [1.807, 2.05) is 30.3 Å². The fourth-order valence-electron chi connectivity index (χ4n) is 1.11. The predicted molar refractivity (Wildman–Crippen MR) is 50.2 cm³/mol. The number of benzene rings is 1. The fourth-order valence-corrected chi connectivity index (χ4v) is 1.11. The molecule has 1 aromatic heterocycles. The van der Waals surface area contributed by atoms with Crippen molar-refractivity contribution >= 4 is 23.2 Å². The summed E-state index contributed by atoms with van der Waals surface area (Å²) in [6.45, 7) is 0. The molecular weight excluding hydrogens is 174 g/mol. The third kappa shape index (κ3) is 1.48. The molecule has 0 amide bonds. The second-order valence-corrected chi connectivity index (χ2v) is 2.43. The molecule has 62 valence electrons. The van der Waals surface area contributed by atoms with Gasteiger partial charge in [-0.05, 0) is 11.5 Å². The molecule has 0 N–H and O–H groups in total. The molecule has 0 aliphatic rings. The molecule has 0 saturated carbocycles. The highest BCUT2D eigenvalue weighted by Crippen LogP contribution is 2.08. The van der Waals surface area contributed by atoms with Crippen molar-refractivity contribution in [3.05, 3.63) is 47.9 Å². The van der Waals surface area contributed by atoms with E-state index in [9.17, 15) is 5.21 Å². The van der Waals surface area contributed by atoms with E-state index in [0.717, 1.165) is 15.5 Å². The van der Waals surface area contributed by atoms with E-state index in [-0.39, 0.29) is 12.4 Å². The summed E-state index contributed by atoms with van der Waals surface area (Å²) >= 11 is 0. The third-order valence-electron chi connectivity index (χ3n) is 1.66. The lowest BCUT2D eigenvalue weighted by molar-refractivity contribution is -0.603. The second-order valence-electron chi connectivity index (χ2n) is 2.43. The van der Waals surface area contributed by atoms with Crippen LogP contribution in [0, 0.1) is 5.21 Å². The summed E-state index contributed by atoms with van der Waals surface area (Å²) < 4.78 is 0.808. The molecule has 1 aromatic carbocycles. The first-order valence-corrected chi connectivity index (χ1v) is 3.44. The minimum absolute atomic E-state index is 0. The molecule has 2 nitrogen and oxygen atoms in total. The zero-order chi connectivity index (χ0) is 7.68. The Morgan fingerprint density at radius 2 is 1.67 bits per heavy atom. The molecule has 1 heterocycles. The normalized spacial score (nSPS) is 9.33. The van der Waals surface area contributed by atoms with Crippen molar-refractivity contribution in [2.75, 3.05) is 0 Å².